The molecule has 0 unspecified atom stereocenters. The van der Waals surface area contributed by atoms with Gasteiger partial charge in [0.1, 0.15) is 5.82 Å². The molecule has 1 aromatic carbocycles. The molecule has 90 valence electrons. The highest BCUT2D eigenvalue weighted by atomic mass is 35.5. The van der Waals surface area contributed by atoms with Crippen LogP contribution < -0.4 is 0 Å². The van der Waals surface area contributed by atoms with Crippen LogP contribution in [0.2, 0.25) is 5.02 Å². The SMILES string of the molecule is CCCc1nccn1-c1ccc(CCl)cc1Cl. The Morgan fingerprint density at radius 2 is 2.18 bits per heavy atom. The molecule has 0 fully saturated rings. The smallest absolute Gasteiger partial charge is 0.113 e. The van der Waals surface area contributed by atoms with Crippen LogP contribution in [0, 0.1) is 0 Å². The Hall–Kier alpha value is -0.990. The molecule has 2 aromatic rings. The molecule has 2 rings (SSSR count). The largest absolute Gasteiger partial charge is 0.302 e. The van der Waals surface area contributed by atoms with Crippen molar-refractivity contribution >= 4 is 23.2 Å². The summed E-state index contributed by atoms with van der Waals surface area (Å²) >= 11 is 12.0. The fourth-order valence-corrected chi connectivity index (χ4v) is 2.25. The van der Waals surface area contributed by atoms with Crippen molar-refractivity contribution in [3.63, 3.8) is 0 Å². The number of rotatable bonds is 4. The zero-order valence-electron chi connectivity index (χ0n) is 9.66. The summed E-state index contributed by atoms with van der Waals surface area (Å²) in [4.78, 5) is 4.34. The van der Waals surface area contributed by atoms with E-state index in [1.54, 1.807) is 6.20 Å². The number of imidazole rings is 1. The third-order valence-corrected chi connectivity index (χ3v) is 3.23. The Bertz CT molecular complexity index is 506. The molecule has 0 aliphatic heterocycles. The second-order valence-corrected chi connectivity index (χ2v) is 4.56. The van der Waals surface area contributed by atoms with Gasteiger partial charge in [-0.2, -0.15) is 0 Å². The summed E-state index contributed by atoms with van der Waals surface area (Å²) in [5.41, 5.74) is 1.99. The van der Waals surface area contributed by atoms with Gasteiger partial charge in [-0.25, -0.2) is 4.98 Å². The predicted molar refractivity (Wildman–Crippen MR) is 72.1 cm³/mol. The van der Waals surface area contributed by atoms with E-state index in [0.717, 1.165) is 29.9 Å². The van der Waals surface area contributed by atoms with Gasteiger partial charge in [-0.15, -0.1) is 11.6 Å². The molecule has 17 heavy (non-hydrogen) atoms. The molecular formula is C13H14Cl2N2. The van der Waals surface area contributed by atoms with Crippen molar-refractivity contribution in [3.8, 4) is 5.69 Å². The van der Waals surface area contributed by atoms with E-state index in [1.165, 1.54) is 0 Å². The molecule has 0 N–H and O–H groups in total. The lowest BCUT2D eigenvalue weighted by Gasteiger charge is -2.10. The molecule has 1 heterocycles. The minimum Gasteiger partial charge on any atom is -0.302 e. The van der Waals surface area contributed by atoms with Gasteiger partial charge in [0, 0.05) is 24.7 Å². The Labute approximate surface area is 111 Å². The minimum atomic E-state index is 0.478. The summed E-state index contributed by atoms with van der Waals surface area (Å²) in [6, 6.07) is 5.88. The van der Waals surface area contributed by atoms with Crippen molar-refractivity contribution < 1.29 is 0 Å². The highest BCUT2D eigenvalue weighted by Gasteiger charge is 2.08. The second kappa shape index (κ2) is 5.56. The van der Waals surface area contributed by atoms with E-state index < -0.39 is 0 Å². The van der Waals surface area contributed by atoms with Crippen LogP contribution in [0.15, 0.2) is 30.6 Å². The molecule has 0 radical (unpaired) electrons. The summed E-state index contributed by atoms with van der Waals surface area (Å²) in [5.74, 6) is 1.51. The van der Waals surface area contributed by atoms with E-state index in [0.29, 0.717) is 10.9 Å². The second-order valence-electron chi connectivity index (χ2n) is 3.88. The van der Waals surface area contributed by atoms with Crippen LogP contribution in [-0.2, 0) is 12.3 Å². The van der Waals surface area contributed by atoms with E-state index >= 15 is 0 Å². The maximum Gasteiger partial charge on any atom is 0.113 e. The Balaban J connectivity index is 2.42. The van der Waals surface area contributed by atoms with Crippen LogP contribution in [0.3, 0.4) is 0 Å². The number of aryl methyl sites for hydroxylation is 1. The van der Waals surface area contributed by atoms with Crippen LogP contribution in [-0.4, -0.2) is 9.55 Å². The lowest BCUT2D eigenvalue weighted by atomic mass is 10.2. The van der Waals surface area contributed by atoms with E-state index in [4.69, 9.17) is 23.2 Å². The first-order chi connectivity index (χ1) is 8.26. The lowest BCUT2D eigenvalue weighted by Crippen LogP contribution is -2.01. The van der Waals surface area contributed by atoms with Crippen molar-refractivity contribution in [1.82, 2.24) is 9.55 Å². The van der Waals surface area contributed by atoms with Gasteiger partial charge in [0.05, 0.1) is 10.7 Å². The lowest BCUT2D eigenvalue weighted by molar-refractivity contribution is 0.809. The van der Waals surface area contributed by atoms with Crippen molar-refractivity contribution in [2.24, 2.45) is 0 Å². The van der Waals surface area contributed by atoms with E-state index in [9.17, 15) is 0 Å². The van der Waals surface area contributed by atoms with Crippen molar-refractivity contribution in [3.05, 3.63) is 47.0 Å². The predicted octanol–water partition coefficient (Wildman–Crippen LogP) is 4.22. The van der Waals surface area contributed by atoms with E-state index in [1.807, 2.05) is 29.0 Å². The number of hydrogen-bond acceptors (Lipinski definition) is 1. The summed E-state index contributed by atoms with van der Waals surface area (Å²) in [6.07, 6.45) is 5.75. The van der Waals surface area contributed by atoms with Gasteiger partial charge < -0.3 is 4.57 Å². The maximum absolute atomic E-state index is 6.26. The highest BCUT2D eigenvalue weighted by molar-refractivity contribution is 6.32. The van der Waals surface area contributed by atoms with Gasteiger partial charge in [-0.1, -0.05) is 24.6 Å². The van der Waals surface area contributed by atoms with Crippen LogP contribution in [0.25, 0.3) is 5.69 Å². The Morgan fingerprint density at radius 1 is 1.35 bits per heavy atom. The van der Waals surface area contributed by atoms with Crippen molar-refractivity contribution in [2.45, 2.75) is 25.6 Å². The molecular weight excluding hydrogens is 255 g/mol. The van der Waals surface area contributed by atoms with Gasteiger partial charge >= 0.3 is 0 Å². The van der Waals surface area contributed by atoms with Crippen molar-refractivity contribution in [2.75, 3.05) is 0 Å². The number of benzene rings is 1. The average Bonchev–Trinajstić information content (AvgIpc) is 2.77. The third-order valence-electron chi connectivity index (χ3n) is 2.62. The normalized spacial score (nSPS) is 10.8. The zero-order chi connectivity index (χ0) is 12.3. The molecule has 0 aliphatic carbocycles. The van der Waals surface area contributed by atoms with E-state index in [-0.39, 0.29) is 0 Å². The molecule has 2 nitrogen and oxygen atoms in total. The molecule has 0 saturated carbocycles. The minimum absolute atomic E-state index is 0.478. The van der Waals surface area contributed by atoms with E-state index in [2.05, 4.69) is 11.9 Å². The Kier molecular flexibility index (Phi) is 4.08. The highest BCUT2D eigenvalue weighted by Crippen LogP contribution is 2.24. The van der Waals surface area contributed by atoms with Gasteiger partial charge in [0.25, 0.3) is 0 Å². The molecule has 4 heteroatoms. The summed E-state index contributed by atoms with van der Waals surface area (Å²) in [5, 5.41) is 0.707. The molecule has 0 saturated heterocycles. The topological polar surface area (TPSA) is 17.8 Å². The number of hydrogen-bond donors (Lipinski definition) is 0. The van der Waals surface area contributed by atoms with Crippen LogP contribution in [0.5, 0.6) is 0 Å². The van der Waals surface area contributed by atoms with Crippen LogP contribution >= 0.6 is 23.2 Å². The Morgan fingerprint density at radius 3 is 2.82 bits per heavy atom. The number of halogens is 2. The first-order valence-electron chi connectivity index (χ1n) is 5.63. The third kappa shape index (κ3) is 2.64. The molecule has 0 amide bonds. The number of aromatic nitrogens is 2. The standard InChI is InChI=1S/C13H14Cl2N2/c1-2-3-13-16-6-7-17(13)12-5-4-10(9-14)8-11(12)15/h4-8H,2-3,9H2,1H3. The fraction of sp³-hybridized carbons (Fsp3) is 0.308. The van der Waals surface area contributed by atoms with Crippen molar-refractivity contribution in [1.29, 1.82) is 0 Å². The molecule has 0 aliphatic rings. The number of alkyl halides is 1. The zero-order valence-corrected chi connectivity index (χ0v) is 11.2. The van der Waals surface area contributed by atoms with Gasteiger partial charge in [-0.3, -0.25) is 0 Å². The first kappa shape index (κ1) is 12.5. The first-order valence-corrected chi connectivity index (χ1v) is 6.54. The summed E-state index contributed by atoms with van der Waals surface area (Å²) in [7, 11) is 0. The average molecular weight is 269 g/mol. The maximum atomic E-state index is 6.26. The molecule has 0 spiro atoms. The van der Waals surface area contributed by atoms with Crippen LogP contribution in [0.1, 0.15) is 24.7 Å². The monoisotopic (exact) mass is 268 g/mol. The van der Waals surface area contributed by atoms with Gasteiger partial charge in [0.15, 0.2) is 0 Å². The molecule has 0 atom stereocenters. The summed E-state index contributed by atoms with van der Waals surface area (Å²) < 4.78 is 2.03. The quantitative estimate of drug-likeness (QED) is 0.760. The van der Waals surface area contributed by atoms with Gasteiger partial charge in [-0.05, 0) is 24.1 Å². The summed E-state index contributed by atoms with van der Waals surface area (Å²) in [6.45, 7) is 2.14. The van der Waals surface area contributed by atoms with Gasteiger partial charge in [0.2, 0.25) is 0 Å². The molecule has 0 bridgehead atoms. The molecule has 1 aromatic heterocycles. The fourth-order valence-electron chi connectivity index (χ4n) is 1.79. The number of nitrogens with zero attached hydrogens (tertiary/aromatic N) is 2. The van der Waals surface area contributed by atoms with Crippen LogP contribution in [0.4, 0.5) is 0 Å².